The summed E-state index contributed by atoms with van der Waals surface area (Å²) < 4.78 is 16.6. The van der Waals surface area contributed by atoms with Gasteiger partial charge in [-0.05, 0) is 42.3 Å². The Kier molecular flexibility index (Phi) is 6.86. The molecule has 4 aromatic rings. The van der Waals surface area contributed by atoms with Gasteiger partial charge in [0.05, 0.1) is 30.5 Å². The molecule has 0 N–H and O–H groups in total. The highest BCUT2D eigenvalue weighted by atomic mass is 32.1. The van der Waals surface area contributed by atoms with Crippen molar-refractivity contribution in [1.29, 1.82) is 5.26 Å². The number of unbranched alkanes of at least 4 members (excludes halogenated alkanes) is 1. The van der Waals surface area contributed by atoms with E-state index < -0.39 is 5.63 Å². The van der Waals surface area contributed by atoms with E-state index in [-0.39, 0.29) is 0 Å². The molecule has 0 bridgehead atoms. The van der Waals surface area contributed by atoms with Crippen LogP contribution in [0.5, 0.6) is 11.5 Å². The molecule has 0 saturated carbocycles. The van der Waals surface area contributed by atoms with Gasteiger partial charge in [-0.15, -0.1) is 11.3 Å². The number of allylic oxidation sites excluding steroid dienone is 1. The zero-order chi connectivity index (χ0) is 23.2. The van der Waals surface area contributed by atoms with E-state index in [1.165, 1.54) is 11.3 Å². The molecule has 0 radical (unpaired) electrons. The molecule has 0 saturated heterocycles. The van der Waals surface area contributed by atoms with Gasteiger partial charge >= 0.3 is 5.63 Å². The minimum Gasteiger partial charge on any atom is -0.493 e. The van der Waals surface area contributed by atoms with Gasteiger partial charge in [0, 0.05) is 10.8 Å². The lowest BCUT2D eigenvalue weighted by Crippen LogP contribution is -2.02. The monoisotopic (exact) mass is 458 g/mol. The molecule has 4 rings (SSSR count). The molecule has 2 heterocycles. The summed E-state index contributed by atoms with van der Waals surface area (Å²) in [7, 11) is 1.59. The lowest BCUT2D eigenvalue weighted by Gasteiger charge is -2.11. The minimum absolute atomic E-state index is 0.365. The summed E-state index contributed by atoms with van der Waals surface area (Å²) in [5.41, 5.74) is 2.08. The third kappa shape index (κ3) is 4.97. The maximum absolute atomic E-state index is 12.5. The SMILES string of the molecule is CCCCOc1ccc(C=C(C#N)c2nc(-c3cc4ccccc4oc3=O)cs2)cc1OC. The highest BCUT2D eigenvalue weighted by Gasteiger charge is 2.14. The largest absolute Gasteiger partial charge is 0.493 e. The molecule has 0 atom stereocenters. The van der Waals surface area contributed by atoms with Crippen LogP contribution in [0.3, 0.4) is 0 Å². The standard InChI is InChI=1S/C26H22N2O4S/c1-3-4-11-31-23-10-9-17(13-24(23)30-2)12-19(15-27)25-28-21(16-33-25)20-14-18-7-5-6-8-22(18)32-26(20)29/h5-10,12-14,16H,3-4,11H2,1-2H3. The van der Waals surface area contributed by atoms with E-state index in [1.54, 1.807) is 30.7 Å². The first kappa shape index (κ1) is 22.3. The number of nitrogens with zero attached hydrogens (tertiary/aromatic N) is 2. The Morgan fingerprint density at radius 2 is 2.06 bits per heavy atom. The molecule has 166 valence electrons. The van der Waals surface area contributed by atoms with Crippen LogP contribution in [0, 0.1) is 11.3 Å². The summed E-state index contributed by atoms with van der Waals surface area (Å²) in [6.45, 7) is 2.73. The third-order valence-corrected chi connectivity index (χ3v) is 5.90. The molecular weight excluding hydrogens is 436 g/mol. The molecule has 0 amide bonds. The first-order chi connectivity index (χ1) is 16.1. The van der Waals surface area contributed by atoms with Crippen LogP contribution in [0.1, 0.15) is 30.3 Å². The Morgan fingerprint density at radius 1 is 1.21 bits per heavy atom. The van der Waals surface area contributed by atoms with Crippen LogP contribution in [-0.4, -0.2) is 18.7 Å². The lowest BCUT2D eigenvalue weighted by molar-refractivity contribution is 0.288. The lowest BCUT2D eigenvalue weighted by atomic mass is 10.1. The topological polar surface area (TPSA) is 85.4 Å². The molecule has 2 aromatic carbocycles. The molecule has 6 nitrogen and oxygen atoms in total. The van der Waals surface area contributed by atoms with Crippen molar-refractivity contribution in [3.63, 3.8) is 0 Å². The van der Waals surface area contributed by atoms with Gasteiger partial charge < -0.3 is 13.9 Å². The zero-order valence-electron chi connectivity index (χ0n) is 18.3. The summed E-state index contributed by atoms with van der Waals surface area (Å²) in [5, 5.41) is 12.8. The van der Waals surface area contributed by atoms with Gasteiger partial charge in [-0.1, -0.05) is 37.6 Å². The second kappa shape index (κ2) is 10.2. The maximum Gasteiger partial charge on any atom is 0.345 e. The predicted octanol–water partition coefficient (Wildman–Crippen LogP) is 6.17. The Balaban J connectivity index is 1.64. The van der Waals surface area contributed by atoms with E-state index >= 15 is 0 Å². The summed E-state index contributed by atoms with van der Waals surface area (Å²) in [4.78, 5) is 17.0. The fourth-order valence-electron chi connectivity index (χ4n) is 3.29. The summed E-state index contributed by atoms with van der Waals surface area (Å²) in [5.74, 6) is 1.27. The van der Waals surface area contributed by atoms with Crippen molar-refractivity contribution in [3.8, 4) is 28.8 Å². The first-order valence-corrected chi connectivity index (χ1v) is 11.4. The molecule has 0 spiro atoms. The Labute approximate surface area is 195 Å². The van der Waals surface area contributed by atoms with Gasteiger partial charge in [0.2, 0.25) is 0 Å². The molecule has 33 heavy (non-hydrogen) atoms. The van der Waals surface area contributed by atoms with E-state index in [2.05, 4.69) is 18.0 Å². The maximum atomic E-state index is 12.5. The van der Waals surface area contributed by atoms with Crippen molar-refractivity contribution < 1.29 is 13.9 Å². The minimum atomic E-state index is -0.462. The van der Waals surface area contributed by atoms with Gasteiger partial charge in [0.15, 0.2) is 11.5 Å². The quantitative estimate of drug-likeness (QED) is 0.178. The van der Waals surface area contributed by atoms with E-state index in [0.29, 0.717) is 45.5 Å². The number of ether oxygens (including phenoxy) is 2. The highest BCUT2D eigenvalue weighted by Crippen LogP contribution is 2.31. The number of methoxy groups -OCH3 is 1. The van der Waals surface area contributed by atoms with Crippen molar-refractivity contribution >= 4 is 34.0 Å². The first-order valence-electron chi connectivity index (χ1n) is 10.5. The molecule has 0 unspecified atom stereocenters. The van der Waals surface area contributed by atoms with E-state index in [4.69, 9.17) is 13.9 Å². The Hall–Kier alpha value is -3.89. The normalized spacial score (nSPS) is 11.4. The molecule has 0 fully saturated rings. The Morgan fingerprint density at radius 3 is 2.85 bits per heavy atom. The molecule has 0 aliphatic rings. The van der Waals surface area contributed by atoms with Crippen LogP contribution in [0.25, 0.3) is 33.9 Å². The number of rotatable bonds is 8. The second-order valence-corrected chi connectivity index (χ2v) is 8.16. The van der Waals surface area contributed by atoms with Crippen LogP contribution in [0.4, 0.5) is 0 Å². The molecule has 0 aliphatic carbocycles. The number of thiazole rings is 1. The van der Waals surface area contributed by atoms with E-state index in [1.807, 2.05) is 36.4 Å². The van der Waals surface area contributed by atoms with Gasteiger partial charge in [-0.25, -0.2) is 9.78 Å². The summed E-state index contributed by atoms with van der Waals surface area (Å²) in [6.07, 6.45) is 3.75. The number of aromatic nitrogens is 1. The number of hydrogen-bond donors (Lipinski definition) is 0. The molecule has 7 heteroatoms. The van der Waals surface area contributed by atoms with Crippen LogP contribution < -0.4 is 15.1 Å². The molecule has 2 aromatic heterocycles. The number of fused-ring (bicyclic) bond motifs is 1. The van der Waals surface area contributed by atoms with Crippen LogP contribution in [-0.2, 0) is 0 Å². The molecular formula is C26H22N2O4S. The van der Waals surface area contributed by atoms with Gasteiger partial charge in [0.1, 0.15) is 16.7 Å². The van der Waals surface area contributed by atoms with Gasteiger partial charge in [0.25, 0.3) is 0 Å². The highest BCUT2D eigenvalue weighted by molar-refractivity contribution is 7.11. The van der Waals surface area contributed by atoms with Gasteiger partial charge in [-0.2, -0.15) is 5.26 Å². The number of hydrogen-bond acceptors (Lipinski definition) is 7. The fourth-order valence-corrected chi connectivity index (χ4v) is 4.08. The average molecular weight is 459 g/mol. The van der Waals surface area contributed by atoms with Crippen molar-refractivity contribution in [3.05, 3.63) is 74.9 Å². The number of benzene rings is 2. The average Bonchev–Trinajstić information content (AvgIpc) is 3.32. The second-order valence-electron chi connectivity index (χ2n) is 7.31. The number of nitriles is 1. The van der Waals surface area contributed by atoms with E-state index in [0.717, 1.165) is 23.8 Å². The fraction of sp³-hybridized carbons (Fsp3) is 0.192. The van der Waals surface area contributed by atoms with E-state index in [9.17, 15) is 10.1 Å². The van der Waals surface area contributed by atoms with Crippen LogP contribution >= 0.6 is 11.3 Å². The van der Waals surface area contributed by atoms with Crippen LogP contribution in [0.2, 0.25) is 0 Å². The number of para-hydroxylation sites is 1. The predicted molar refractivity (Wildman–Crippen MR) is 130 cm³/mol. The molecule has 0 aliphatic heterocycles. The third-order valence-electron chi connectivity index (χ3n) is 5.03. The van der Waals surface area contributed by atoms with Crippen molar-refractivity contribution in [2.75, 3.05) is 13.7 Å². The summed E-state index contributed by atoms with van der Waals surface area (Å²) in [6, 6.07) is 16.8. The van der Waals surface area contributed by atoms with Crippen molar-refractivity contribution in [2.45, 2.75) is 19.8 Å². The van der Waals surface area contributed by atoms with Crippen molar-refractivity contribution in [2.24, 2.45) is 0 Å². The van der Waals surface area contributed by atoms with Gasteiger partial charge in [-0.3, -0.25) is 0 Å². The smallest absolute Gasteiger partial charge is 0.345 e. The van der Waals surface area contributed by atoms with Crippen molar-refractivity contribution in [1.82, 2.24) is 4.98 Å². The zero-order valence-corrected chi connectivity index (χ0v) is 19.1. The summed E-state index contributed by atoms with van der Waals surface area (Å²) >= 11 is 1.30. The Bertz CT molecular complexity index is 1410. The van der Waals surface area contributed by atoms with Crippen LogP contribution in [0.15, 0.2) is 63.1 Å².